The third kappa shape index (κ3) is 10.7. The molecular weight excluding hydrogens is 518 g/mol. The Morgan fingerprint density at radius 2 is 1.10 bits per heavy atom. The van der Waals surface area contributed by atoms with Crippen molar-refractivity contribution >= 4 is 24.2 Å². The molecule has 0 radical (unpaired) electrons. The van der Waals surface area contributed by atoms with Crippen LogP contribution >= 0.6 is 0 Å². The van der Waals surface area contributed by atoms with Crippen molar-refractivity contribution < 1.29 is 38.1 Å². The van der Waals surface area contributed by atoms with Crippen molar-refractivity contribution in [3.05, 3.63) is 91.0 Å². The summed E-state index contributed by atoms with van der Waals surface area (Å²) in [6, 6.07) is 24.2. The summed E-state index contributed by atoms with van der Waals surface area (Å²) >= 11 is 0. The van der Waals surface area contributed by atoms with Crippen LogP contribution < -0.4 is 30.2 Å². The van der Waals surface area contributed by atoms with Gasteiger partial charge in [-0.2, -0.15) is 0 Å². The number of nitrogens with one attached hydrogen (secondary N) is 3. The molecule has 40 heavy (non-hydrogen) atoms. The predicted molar refractivity (Wildman–Crippen MR) is 145 cm³/mol. The number of ether oxygens (including phenoxy) is 4. The number of hydrogen-bond donors (Lipinski definition) is 3. The Balaban J connectivity index is 1.54. The second-order valence-electron chi connectivity index (χ2n) is 8.35. The van der Waals surface area contributed by atoms with E-state index in [0.717, 1.165) is 0 Å². The number of rotatable bonds is 12. The summed E-state index contributed by atoms with van der Waals surface area (Å²) in [5.74, 6) is 0.191. The summed E-state index contributed by atoms with van der Waals surface area (Å²) in [6.45, 7) is 1.86. The molecule has 0 aliphatic heterocycles. The first-order valence-electron chi connectivity index (χ1n) is 12.7. The van der Waals surface area contributed by atoms with E-state index in [2.05, 4.69) is 16.0 Å². The van der Waals surface area contributed by atoms with Crippen molar-refractivity contribution in [2.45, 2.75) is 38.5 Å². The van der Waals surface area contributed by atoms with Crippen molar-refractivity contribution in [1.29, 1.82) is 0 Å². The Bertz CT molecular complexity index is 1230. The summed E-state index contributed by atoms with van der Waals surface area (Å²) in [7, 11) is 0. The van der Waals surface area contributed by atoms with Crippen LogP contribution in [0.2, 0.25) is 0 Å². The van der Waals surface area contributed by atoms with Crippen molar-refractivity contribution in [2.75, 3.05) is 6.54 Å². The molecule has 3 aromatic rings. The van der Waals surface area contributed by atoms with E-state index in [1.54, 1.807) is 97.9 Å². The predicted octanol–water partition coefficient (Wildman–Crippen LogP) is 4.78. The zero-order valence-corrected chi connectivity index (χ0v) is 21.9. The first-order chi connectivity index (χ1) is 19.4. The van der Waals surface area contributed by atoms with Gasteiger partial charge < -0.3 is 29.6 Å². The minimum Gasteiger partial charge on any atom is -0.440 e. The van der Waals surface area contributed by atoms with E-state index in [1.807, 2.05) is 0 Å². The molecule has 0 bridgehead atoms. The lowest BCUT2D eigenvalue weighted by Crippen LogP contribution is -2.47. The Morgan fingerprint density at radius 3 is 1.57 bits per heavy atom. The number of esters is 1. The number of benzene rings is 3. The van der Waals surface area contributed by atoms with Crippen LogP contribution in [-0.4, -0.2) is 43.1 Å². The lowest BCUT2D eigenvalue weighted by molar-refractivity contribution is -0.152. The minimum absolute atomic E-state index is 0.0965. The minimum atomic E-state index is -1.14. The highest BCUT2D eigenvalue weighted by Gasteiger charge is 2.26. The number of amides is 3. The molecule has 210 valence electrons. The van der Waals surface area contributed by atoms with E-state index in [4.69, 9.17) is 18.9 Å². The fourth-order valence-electron chi connectivity index (χ4n) is 3.34. The third-order valence-electron chi connectivity index (χ3n) is 5.28. The van der Waals surface area contributed by atoms with Crippen molar-refractivity contribution in [2.24, 2.45) is 0 Å². The molecule has 0 heterocycles. The van der Waals surface area contributed by atoms with Crippen LogP contribution in [0.1, 0.15) is 26.2 Å². The zero-order valence-electron chi connectivity index (χ0n) is 21.9. The Morgan fingerprint density at radius 1 is 0.650 bits per heavy atom. The molecule has 0 aliphatic carbocycles. The molecule has 11 nitrogen and oxygen atoms in total. The van der Waals surface area contributed by atoms with Gasteiger partial charge in [-0.25, -0.2) is 19.2 Å². The summed E-state index contributed by atoms with van der Waals surface area (Å²) in [4.78, 5) is 49.8. The topological polar surface area (TPSA) is 141 Å². The molecule has 0 aromatic heterocycles. The highest BCUT2D eigenvalue weighted by molar-refractivity contribution is 5.82. The molecule has 3 aromatic carbocycles. The lowest BCUT2D eigenvalue weighted by atomic mass is 10.1. The molecule has 0 saturated heterocycles. The van der Waals surface area contributed by atoms with Gasteiger partial charge in [0.25, 0.3) is 0 Å². The van der Waals surface area contributed by atoms with E-state index in [0.29, 0.717) is 11.5 Å². The molecule has 2 unspecified atom stereocenters. The van der Waals surface area contributed by atoms with Crippen LogP contribution in [0.4, 0.5) is 14.4 Å². The van der Waals surface area contributed by atoms with Crippen molar-refractivity contribution in [3.8, 4) is 17.2 Å². The molecule has 0 aliphatic rings. The normalized spacial score (nSPS) is 11.7. The zero-order chi connectivity index (χ0) is 28.6. The molecule has 0 fully saturated rings. The second kappa shape index (κ2) is 16.0. The lowest BCUT2D eigenvalue weighted by Gasteiger charge is -2.22. The Hall–Kier alpha value is -5.06. The third-order valence-corrected chi connectivity index (χ3v) is 5.28. The fraction of sp³-hybridized carbons (Fsp3) is 0.241. The van der Waals surface area contributed by atoms with Gasteiger partial charge in [-0.1, -0.05) is 61.5 Å². The molecule has 3 N–H and O–H groups in total. The summed E-state index contributed by atoms with van der Waals surface area (Å²) in [5, 5.41) is 7.56. The second-order valence-corrected chi connectivity index (χ2v) is 8.35. The van der Waals surface area contributed by atoms with Crippen LogP contribution in [0.15, 0.2) is 91.0 Å². The van der Waals surface area contributed by atoms with Gasteiger partial charge >= 0.3 is 24.2 Å². The highest BCUT2D eigenvalue weighted by Crippen LogP contribution is 2.12. The molecule has 2 atom stereocenters. The molecule has 0 saturated carbocycles. The maximum Gasteiger partial charge on any atom is 0.415 e. The number of para-hydroxylation sites is 3. The van der Waals surface area contributed by atoms with Gasteiger partial charge in [0.05, 0.1) is 0 Å². The number of hydrogen-bond acceptors (Lipinski definition) is 8. The van der Waals surface area contributed by atoms with E-state index in [-0.39, 0.29) is 31.6 Å². The van der Waals surface area contributed by atoms with Gasteiger partial charge in [0.1, 0.15) is 23.3 Å². The number of carbonyl (C=O) groups is 4. The van der Waals surface area contributed by atoms with Gasteiger partial charge in [0, 0.05) is 13.0 Å². The SMILES string of the molecule is CCC(NC(=O)Oc1ccccc1)OC(=O)C(CCCNC(=O)Oc1ccccc1)NC(=O)Oc1ccccc1. The monoisotopic (exact) mass is 549 g/mol. The summed E-state index contributed by atoms with van der Waals surface area (Å²) in [6.07, 6.45) is -2.72. The first-order valence-corrected chi connectivity index (χ1v) is 12.7. The van der Waals surface area contributed by atoms with Crippen molar-refractivity contribution in [1.82, 2.24) is 16.0 Å². The quantitative estimate of drug-likeness (QED) is 0.167. The Labute approximate surface area is 231 Å². The van der Waals surface area contributed by atoms with Gasteiger partial charge in [0.15, 0.2) is 6.23 Å². The first kappa shape index (κ1) is 29.5. The van der Waals surface area contributed by atoms with Crippen LogP contribution in [-0.2, 0) is 9.53 Å². The van der Waals surface area contributed by atoms with E-state index in [1.165, 1.54) is 0 Å². The Kier molecular flexibility index (Phi) is 11.8. The van der Waals surface area contributed by atoms with Crippen LogP contribution in [0.25, 0.3) is 0 Å². The van der Waals surface area contributed by atoms with E-state index in [9.17, 15) is 19.2 Å². The van der Waals surface area contributed by atoms with E-state index < -0.39 is 36.5 Å². The number of carbonyl (C=O) groups excluding carboxylic acids is 4. The van der Waals surface area contributed by atoms with E-state index >= 15 is 0 Å². The van der Waals surface area contributed by atoms with Gasteiger partial charge in [-0.05, 0) is 49.2 Å². The van der Waals surface area contributed by atoms with Crippen molar-refractivity contribution in [3.63, 3.8) is 0 Å². The standard InChI is InChI=1S/C29H31N3O8/c1-2-25(32-29(36)39-23-17-10-5-11-18-23)40-26(33)24(31-28(35)38-22-15-8-4-9-16-22)19-12-20-30-27(34)37-21-13-6-3-7-14-21/h3-11,13-18,24-25H,2,12,19-20H2,1H3,(H,30,34)(H,31,35)(H,32,36). The highest BCUT2D eigenvalue weighted by atomic mass is 16.6. The van der Waals surface area contributed by atoms with Crippen LogP contribution in [0.5, 0.6) is 17.2 Å². The van der Waals surface area contributed by atoms with Crippen LogP contribution in [0.3, 0.4) is 0 Å². The molecule has 3 rings (SSSR count). The van der Waals surface area contributed by atoms with Gasteiger partial charge in [-0.15, -0.1) is 0 Å². The van der Waals surface area contributed by atoms with Gasteiger partial charge in [-0.3, -0.25) is 5.32 Å². The molecule has 11 heteroatoms. The smallest absolute Gasteiger partial charge is 0.415 e. The summed E-state index contributed by atoms with van der Waals surface area (Å²) in [5.41, 5.74) is 0. The maximum absolute atomic E-state index is 13.0. The molecular formula is C29H31N3O8. The largest absolute Gasteiger partial charge is 0.440 e. The average molecular weight is 550 g/mol. The fourth-order valence-corrected chi connectivity index (χ4v) is 3.34. The maximum atomic E-state index is 13.0. The van der Waals surface area contributed by atoms with Gasteiger partial charge in [0.2, 0.25) is 0 Å². The molecule has 3 amide bonds. The molecule has 0 spiro atoms. The average Bonchev–Trinajstić information content (AvgIpc) is 2.95. The summed E-state index contributed by atoms with van der Waals surface area (Å²) < 4.78 is 21.0. The van der Waals surface area contributed by atoms with Crippen LogP contribution in [0, 0.1) is 0 Å².